The molecule has 0 spiro atoms. The highest BCUT2D eigenvalue weighted by Crippen LogP contribution is 2.56. The minimum atomic E-state index is -0.205. The molecule has 7 aromatic rings. The van der Waals surface area contributed by atoms with Crippen molar-refractivity contribution in [3.8, 4) is 12.1 Å². The van der Waals surface area contributed by atoms with Gasteiger partial charge in [0.25, 0.3) is 0 Å². The van der Waals surface area contributed by atoms with Crippen LogP contribution >= 0.6 is 11.8 Å². The normalized spacial score (nSPS) is 13.4. The van der Waals surface area contributed by atoms with Gasteiger partial charge >= 0.3 is 0 Å². The molecule has 0 radical (unpaired) electrons. The molecular weight excluding hydrogens is 667 g/mol. The highest BCUT2D eigenvalue weighted by Gasteiger charge is 2.37. The van der Waals surface area contributed by atoms with E-state index in [-0.39, 0.29) is 5.41 Å². The maximum atomic E-state index is 9.67. The Hall–Kier alpha value is -6.73. The third-order valence-electron chi connectivity index (χ3n) is 10.2. The van der Waals surface area contributed by atoms with Crippen molar-refractivity contribution in [2.75, 3.05) is 14.7 Å². The number of fused-ring (bicyclic) bond motifs is 4. The van der Waals surface area contributed by atoms with Gasteiger partial charge in [0.2, 0.25) is 0 Å². The molecule has 0 aromatic heterocycles. The molecule has 7 aromatic carbocycles. The van der Waals surface area contributed by atoms with Crippen LogP contribution in [0, 0.1) is 22.7 Å². The average molecular weight is 700 g/mol. The van der Waals surface area contributed by atoms with Gasteiger partial charge in [-0.25, -0.2) is 0 Å². The Morgan fingerprint density at radius 2 is 0.868 bits per heavy atom. The van der Waals surface area contributed by atoms with Gasteiger partial charge in [-0.15, -0.1) is 0 Å². The first-order valence-corrected chi connectivity index (χ1v) is 18.4. The van der Waals surface area contributed by atoms with Gasteiger partial charge in [-0.3, -0.25) is 0 Å². The van der Waals surface area contributed by atoms with E-state index >= 15 is 0 Å². The van der Waals surface area contributed by atoms with Gasteiger partial charge in [0, 0.05) is 26.6 Å². The van der Waals surface area contributed by atoms with E-state index in [0.29, 0.717) is 11.1 Å². The lowest BCUT2D eigenvalue weighted by Gasteiger charge is -2.42. The van der Waals surface area contributed by atoms with Crippen molar-refractivity contribution in [1.29, 1.82) is 10.5 Å². The molecule has 6 heteroatoms. The second-order valence-electron chi connectivity index (χ2n) is 13.7. The molecule has 0 N–H and O–H groups in total. The number of para-hydroxylation sites is 4. The molecule has 0 fully saturated rings. The molecule has 2 aliphatic heterocycles. The van der Waals surface area contributed by atoms with Crippen LogP contribution in [-0.4, -0.2) is 0 Å². The molecule has 0 aliphatic carbocycles. The lowest BCUT2D eigenvalue weighted by molar-refractivity contribution is 0.632. The van der Waals surface area contributed by atoms with Crippen LogP contribution in [0.15, 0.2) is 174 Å². The SMILES string of the molecule is CC1(C)c2ccccc2N(c2cc(N(c3ccc(C#N)cc3)c3ccc(C#N)cc3)cc(N3c4ccccc4Sc4ccccc43)c2)c2ccccc21. The van der Waals surface area contributed by atoms with Crippen LogP contribution in [-0.2, 0) is 5.41 Å². The predicted molar refractivity (Wildman–Crippen MR) is 216 cm³/mol. The van der Waals surface area contributed by atoms with E-state index in [9.17, 15) is 10.5 Å². The number of hydrogen-bond donors (Lipinski definition) is 0. The number of rotatable bonds is 5. The number of anilines is 9. The third kappa shape index (κ3) is 5.40. The number of benzene rings is 7. The molecule has 0 bridgehead atoms. The van der Waals surface area contributed by atoms with Crippen LogP contribution in [0.25, 0.3) is 0 Å². The van der Waals surface area contributed by atoms with E-state index < -0.39 is 0 Å². The Labute approximate surface area is 314 Å². The predicted octanol–water partition coefficient (Wildman–Crippen LogP) is 12.9. The molecule has 0 saturated heterocycles. The van der Waals surface area contributed by atoms with Crippen molar-refractivity contribution in [3.63, 3.8) is 0 Å². The van der Waals surface area contributed by atoms with Crippen LogP contribution < -0.4 is 14.7 Å². The number of nitrogens with zero attached hydrogens (tertiary/aromatic N) is 5. The molecule has 2 heterocycles. The highest BCUT2D eigenvalue weighted by molar-refractivity contribution is 7.99. The molecule has 252 valence electrons. The first kappa shape index (κ1) is 32.2. The van der Waals surface area contributed by atoms with Gasteiger partial charge in [0.05, 0.1) is 63.1 Å². The summed E-state index contributed by atoms with van der Waals surface area (Å²) in [7, 11) is 0. The summed E-state index contributed by atoms with van der Waals surface area (Å²) in [5.41, 5.74) is 12.7. The fourth-order valence-corrected chi connectivity index (χ4v) is 8.77. The van der Waals surface area contributed by atoms with Crippen molar-refractivity contribution < 1.29 is 0 Å². The summed E-state index contributed by atoms with van der Waals surface area (Å²) in [6, 6.07) is 61.3. The highest BCUT2D eigenvalue weighted by atomic mass is 32.2. The topological polar surface area (TPSA) is 57.3 Å². The van der Waals surface area contributed by atoms with E-state index in [4.69, 9.17) is 0 Å². The Bertz CT molecular complexity index is 2460. The summed E-state index contributed by atoms with van der Waals surface area (Å²) in [4.78, 5) is 9.34. The van der Waals surface area contributed by atoms with Crippen molar-refractivity contribution in [3.05, 3.63) is 186 Å². The summed E-state index contributed by atoms with van der Waals surface area (Å²) in [6.45, 7) is 4.61. The smallest absolute Gasteiger partial charge is 0.0991 e. The van der Waals surface area contributed by atoms with Gasteiger partial charge in [0.1, 0.15) is 0 Å². The second kappa shape index (κ2) is 12.8. The first-order valence-electron chi connectivity index (χ1n) is 17.6. The molecule has 0 unspecified atom stereocenters. The molecular formula is C47H33N5S. The minimum absolute atomic E-state index is 0.205. The van der Waals surface area contributed by atoms with Gasteiger partial charge < -0.3 is 14.7 Å². The number of nitriles is 2. The van der Waals surface area contributed by atoms with E-state index in [0.717, 1.165) is 51.2 Å². The van der Waals surface area contributed by atoms with Crippen LogP contribution in [0.2, 0.25) is 0 Å². The standard InChI is InChI=1S/C47H33N5S/c1-47(2)39-11-3-5-13-41(39)51(42-14-6-4-12-40(42)47)37-27-36(50(34-23-19-32(30-48)20-24-34)35-25-21-33(31-49)22-26-35)28-38(29-37)52-43-15-7-9-17-45(43)53-46-18-10-8-16-44(46)52/h3-29H,1-2H3. The van der Waals surface area contributed by atoms with E-state index in [2.05, 4.69) is 156 Å². The second-order valence-corrected chi connectivity index (χ2v) is 14.8. The first-order chi connectivity index (χ1) is 25.9. The third-order valence-corrected chi connectivity index (χ3v) is 11.4. The van der Waals surface area contributed by atoms with E-state index in [1.807, 2.05) is 48.5 Å². The van der Waals surface area contributed by atoms with Gasteiger partial charge in [-0.05, 0) is 114 Å². The molecule has 0 amide bonds. The summed E-state index contributed by atoms with van der Waals surface area (Å²) in [5, 5.41) is 19.3. The molecule has 5 nitrogen and oxygen atoms in total. The zero-order valence-corrected chi connectivity index (χ0v) is 30.0. The molecule has 53 heavy (non-hydrogen) atoms. The Balaban J connectivity index is 1.35. The molecule has 0 saturated carbocycles. The van der Waals surface area contributed by atoms with E-state index in [1.165, 1.54) is 20.9 Å². The lowest BCUT2D eigenvalue weighted by atomic mass is 9.73. The fourth-order valence-electron chi connectivity index (χ4n) is 7.71. The summed E-state index contributed by atoms with van der Waals surface area (Å²) in [6.07, 6.45) is 0. The lowest BCUT2D eigenvalue weighted by Crippen LogP contribution is -2.30. The summed E-state index contributed by atoms with van der Waals surface area (Å²) < 4.78 is 0. The van der Waals surface area contributed by atoms with Crippen LogP contribution in [0.5, 0.6) is 0 Å². The summed E-state index contributed by atoms with van der Waals surface area (Å²) in [5.74, 6) is 0. The van der Waals surface area contributed by atoms with Crippen LogP contribution in [0.1, 0.15) is 36.1 Å². The van der Waals surface area contributed by atoms with Gasteiger partial charge in [-0.1, -0.05) is 86.3 Å². The maximum absolute atomic E-state index is 9.67. The average Bonchev–Trinajstić information content (AvgIpc) is 3.20. The fraction of sp³-hybridized carbons (Fsp3) is 0.0638. The number of hydrogen-bond acceptors (Lipinski definition) is 6. The summed E-state index contributed by atoms with van der Waals surface area (Å²) >= 11 is 1.79. The Morgan fingerprint density at radius 1 is 0.472 bits per heavy atom. The molecule has 9 rings (SSSR count). The Kier molecular flexibility index (Phi) is 7.77. The molecule has 0 atom stereocenters. The van der Waals surface area contributed by atoms with Gasteiger partial charge in [0.15, 0.2) is 0 Å². The largest absolute Gasteiger partial charge is 0.310 e. The Morgan fingerprint density at radius 3 is 1.32 bits per heavy atom. The van der Waals surface area contributed by atoms with E-state index in [1.54, 1.807) is 11.8 Å². The van der Waals surface area contributed by atoms with Crippen LogP contribution in [0.3, 0.4) is 0 Å². The zero-order chi connectivity index (χ0) is 36.1. The minimum Gasteiger partial charge on any atom is -0.310 e. The zero-order valence-electron chi connectivity index (χ0n) is 29.2. The van der Waals surface area contributed by atoms with Gasteiger partial charge in [-0.2, -0.15) is 10.5 Å². The monoisotopic (exact) mass is 699 g/mol. The van der Waals surface area contributed by atoms with Crippen molar-refractivity contribution in [2.24, 2.45) is 0 Å². The van der Waals surface area contributed by atoms with Crippen molar-refractivity contribution in [1.82, 2.24) is 0 Å². The molecule has 2 aliphatic rings. The van der Waals surface area contributed by atoms with Crippen LogP contribution in [0.4, 0.5) is 51.2 Å². The van der Waals surface area contributed by atoms with Crippen molar-refractivity contribution in [2.45, 2.75) is 29.1 Å². The maximum Gasteiger partial charge on any atom is 0.0991 e. The quantitative estimate of drug-likeness (QED) is 0.178. The van der Waals surface area contributed by atoms with Crippen molar-refractivity contribution >= 4 is 62.9 Å².